The maximum absolute atomic E-state index is 3.95. The van der Waals surface area contributed by atoms with E-state index in [1.807, 2.05) is 0 Å². The molecule has 0 fully saturated rings. The number of unbranched alkanes of at least 4 members (excludes halogenated alkanes) is 21. The fourth-order valence-electron chi connectivity index (χ4n) is 4.49. The van der Waals surface area contributed by atoms with E-state index in [9.17, 15) is 0 Å². The average molecular weight is 407 g/mol. The molecule has 1 unspecified atom stereocenters. The van der Waals surface area contributed by atoms with Crippen molar-refractivity contribution in [1.82, 2.24) is 0 Å². The van der Waals surface area contributed by atoms with Crippen molar-refractivity contribution in [2.45, 2.75) is 167 Å². The van der Waals surface area contributed by atoms with Crippen LogP contribution in [0.5, 0.6) is 0 Å². The second-order valence-corrected chi connectivity index (χ2v) is 9.81. The average Bonchev–Trinajstić information content (AvgIpc) is 2.73. The maximum atomic E-state index is 3.95. The summed E-state index contributed by atoms with van der Waals surface area (Å²) in [4.78, 5) is 0. The minimum Gasteiger partial charge on any atom is -0.0625 e. The van der Waals surface area contributed by atoms with Crippen LogP contribution in [0.25, 0.3) is 0 Å². The lowest BCUT2D eigenvalue weighted by atomic mass is 9.97. The minimum atomic E-state index is 0.926. The SMILES string of the molecule is [CH2]CCCCCCCCCCCCCCCCCCCCCCC(C)CCC[CH2]. The third-order valence-electron chi connectivity index (χ3n) is 6.64. The molecule has 0 heteroatoms. The number of hydrogen-bond acceptors (Lipinski definition) is 0. The van der Waals surface area contributed by atoms with Crippen LogP contribution in [0.3, 0.4) is 0 Å². The van der Waals surface area contributed by atoms with Crippen molar-refractivity contribution in [2.75, 3.05) is 0 Å². The molecule has 0 aliphatic heterocycles. The maximum Gasteiger partial charge on any atom is -0.0443 e. The molecular formula is C29H58. The van der Waals surface area contributed by atoms with Crippen LogP contribution in [-0.2, 0) is 0 Å². The molecule has 0 amide bonds. The minimum absolute atomic E-state index is 0.926. The molecule has 0 rings (SSSR count). The predicted octanol–water partition coefficient (Wildman–Crippen LogP) is 11.0. The normalized spacial score (nSPS) is 12.5. The van der Waals surface area contributed by atoms with Crippen LogP contribution in [-0.4, -0.2) is 0 Å². The Kier molecular flexibility index (Phi) is 26.0. The summed E-state index contributed by atoms with van der Waals surface area (Å²) in [6.45, 7) is 10.3. The van der Waals surface area contributed by atoms with Gasteiger partial charge in [-0.1, -0.05) is 181 Å². The van der Waals surface area contributed by atoms with Crippen molar-refractivity contribution in [3.8, 4) is 0 Å². The van der Waals surface area contributed by atoms with Gasteiger partial charge in [-0.15, -0.1) is 0 Å². The predicted molar refractivity (Wildman–Crippen MR) is 135 cm³/mol. The smallest absolute Gasteiger partial charge is 0.0443 e. The second kappa shape index (κ2) is 26.0. The molecule has 0 nitrogen and oxygen atoms in total. The molecule has 0 N–H and O–H groups in total. The zero-order valence-corrected chi connectivity index (χ0v) is 20.7. The van der Waals surface area contributed by atoms with Gasteiger partial charge in [-0.2, -0.15) is 0 Å². The molecular weight excluding hydrogens is 348 g/mol. The van der Waals surface area contributed by atoms with Crippen LogP contribution in [0.15, 0.2) is 0 Å². The van der Waals surface area contributed by atoms with Crippen molar-refractivity contribution >= 4 is 0 Å². The summed E-state index contributed by atoms with van der Waals surface area (Å²) in [7, 11) is 0. The number of hydrogen-bond donors (Lipinski definition) is 0. The first-order valence-electron chi connectivity index (χ1n) is 13.9. The zero-order chi connectivity index (χ0) is 21.3. The first kappa shape index (κ1) is 29.0. The van der Waals surface area contributed by atoms with E-state index in [-0.39, 0.29) is 0 Å². The molecule has 0 saturated carbocycles. The van der Waals surface area contributed by atoms with Gasteiger partial charge in [0.2, 0.25) is 0 Å². The van der Waals surface area contributed by atoms with Gasteiger partial charge in [0, 0.05) is 0 Å². The summed E-state index contributed by atoms with van der Waals surface area (Å²) in [5.74, 6) is 0.926. The van der Waals surface area contributed by atoms with Crippen molar-refractivity contribution in [2.24, 2.45) is 5.92 Å². The van der Waals surface area contributed by atoms with Crippen molar-refractivity contribution in [3.05, 3.63) is 13.8 Å². The highest BCUT2D eigenvalue weighted by molar-refractivity contribution is 4.56. The first-order chi connectivity index (χ1) is 14.3. The Hall–Kier alpha value is 0. The second-order valence-electron chi connectivity index (χ2n) is 9.81. The van der Waals surface area contributed by atoms with Gasteiger partial charge in [0.05, 0.1) is 0 Å². The Labute approximate surface area is 187 Å². The molecule has 0 heterocycles. The van der Waals surface area contributed by atoms with Crippen LogP contribution in [0, 0.1) is 19.8 Å². The van der Waals surface area contributed by atoms with E-state index >= 15 is 0 Å². The van der Waals surface area contributed by atoms with Gasteiger partial charge in [-0.05, 0) is 5.92 Å². The van der Waals surface area contributed by atoms with Gasteiger partial charge >= 0.3 is 0 Å². The topological polar surface area (TPSA) is 0 Å². The highest BCUT2D eigenvalue weighted by Crippen LogP contribution is 2.18. The van der Waals surface area contributed by atoms with Crippen molar-refractivity contribution in [3.63, 3.8) is 0 Å². The van der Waals surface area contributed by atoms with Gasteiger partial charge < -0.3 is 0 Å². The molecule has 1 atom stereocenters. The largest absolute Gasteiger partial charge is 0.0625 e. The summed E-state index contributed by atoms with van der Waals surface area (Å²) in [5, 5.41) is 0. The van der Waals surface area contributed by atoms with E-state index in [1.165, 1.54) is 148 Å². The fourth-order valence-corrected chi connectivity index (χ4v) is 4.49. The molecule has 29 heavy (non-hydrogen) atoms. The standard InChI is InChI=1S/C29H58/c1-4-6-8-9-10-11-12-13-14-15-16-17-18-19-20-21-22-23-24-25-26-28-29(3)27-7-5-2/h29H,1-2,4-28H2,3H3. The van der Waals surface area contributed by atoms with E-state index < -0.39 is 0 Å². The van der Waals surface area contributed by atoms with Crippen molar-refractivity contribution < 1.29 is 0 Å². The van der Waals surface area contributed by atoms with E-state index in [0.29, 0.717) is 0 Å². The van der Waals surface area contributed by atoms with Crippen LogP contribution in [0.1, 0.15) is 167 Å². The number of rotatable bonds is 25. The molecule has 0 saturated heterocycles. The van der Waals surface area contributed by atoms with E-state index in [0.717, 1.165) is 18.8 Å². The summed E-state index contributed by atoms with van der Waals surface area (Å²) in [6, 6.07) is 0. The molecule has 0 aliphatic carbocycles. The van der Waals surface area contributed by atoms with Gasteiger partial charge in [0.1, 0.15) is 0 Å². The summed E-state index contributed by atoms with van der Waals surface area (Å²) >= 11 is 0. The third-order valence-corrected chi connectivity index (χ3v) is 6.64. The Bertz CT molecular complexity index is 269. The van der Waals surface area contributed by atoms with Crippen LogP contribution < -0.4 is 0 Å². The molecule has 0 aromatic carbocycles. The van der Waals surface area contributed by atoms with Crippen LogP contribution in [0.4, 0.5) is 0 Å². The van der Waals surface area contributed by atoms with E-state index in [1.54, 1.807) is 0 Å². The van der Waals surface area contributed by atoms with Gasteiger partial charge in [-0.3, -0.25) is 0 Å². The van der Waals surface area contributed by atoms with E-state index in [2.05, 4.69) is 20.8 Å². The summed E-state index contributed by atoms with van der Waals surface area (Å²) in [5.41, 5.74) is 0. The molecule has 2 radical (unpaired) electrons. The lowest BCUT2D eigenvalue weighted by Crippen LogP contribution is -1.94. The quantitative estimate of drug-likeness (QED) is 0.132. The third kappa shape index (κ3) is 26.0. The van der Waals surface area contributed by atoms with Gasteiger partial charge in [-0.25, -0.2) is 0 Å². The van der Waals surface area contributed by atoms with Crippen LogP contribution in [0.2, 0.25) is 0 Å². The van der Waals surface area contributed by atoms with E-state index in [4.69, 9.17) is 0 Å². The molecule has 0 bridgehead atoms. The summed E-state index contributed by atoms with van der Waals surface area (Å²) in [6.07, 6.45) is 35.6. The Morgan fingerprint density at radius 1 is 0.345 bits per heavy atom. The molecule has 0 spiro atoms. The lowest BCUT2D eigenvalue weighted by molar-refractivity contribution is 0.443. The monoisotopic (exact) mass is 406 g/mol. The first-order valence-corrected chi connectivity index (χ1v) is 13.9. The molecule has 0 aromatic heterocycles. The Balaban J connectivity index is 3.03. The molecule has 0 aromatic rings. The lowest BCUT2D eigenvalue weighted by Gasteiger charge is -2.10. The van der Waals surface area contributed by atoms with Gasteiger partial charge in [0.25, 0.3) is 0 Å². The highest BCUT2D eigenvalue weighted by atomic mass is 14.1. The zero-order valence-electron chi connectivity index (χ0n) is 20.7. The van der Waals surface area contributed by atoms with Gasteiger partial charge in [0.15, 0.2) is 0 Å². The Morgan fingerprint density at radius 2 is 0.586 bits per heavy atom. The molecule has 0 aliphatic rings. The summed E-state index contributed by atoms with van der Waals surface area (Å²) < 4.78 is 0. The highest BCUT2D eigenvalue weighted by Gasteiger charge is 2.01. The Morgan fingerprint density at radius 3 is 0.897 bits per heavy atom. The van der Waals surface area contributed by atoms with Crippen LogP contribution >= 0.6 is 0 Å². The fraction of sp³-hybridized carbons (Fsp3) is 0.931. The van der Waals surface area contributed by atoms with Crippen molar-refractivity contribution in [1.29, 1.82) is 0 Å². The molecule has 174 valence electrons.